The number of hydrogen-bond donors (Lipinski definition) is 1. The molecule has 1 aliphatic heterocycles. The van der Waals surface area contributed by atoms with Gasteiger partial charge in [-0.05, 0) is 94.6 Å². The molecule has 4 bridgehead atoms. The zero-order valence-corrected chi connectivity index (χ0v) is 19.7. The number of nitrogens with zero attached hydrogens (tertiary/aromatic N) is 4. The zero-order valence-electron chi connectivity index (χ0n) is 19.7. The Hall–Kier alpha value is -2.63. The minimum Gasteiger partial charge on any atom is -0.356 e. The van der Waals surface area contributed by atoms with Gasteiger partial charge in [-0.25, -0.2) is 10.1 Å². The Morgan fingerprint density at radius 2 is 1.67 bits per heavy atom. The summed E-state index contributed by atoms with van der Waals surface area (Å²) in [6.07, 6.45) is 12.7. The summed E-state index contributed by atoms with van der Waals surface area (Å²) in [5.74, 6) is 3.49. The number of aryl methyl sites for hydroxylation is 1. The average molecular weight is 446 g/mol. The predicted molar refractivity (Wildman–Crippen MR) is 131 cm³/mol. The molecule has 0 atom stereocenters. The van der Waals surface area contributed by atoms with E-state index < -0.39 is 0 Å². The van der Waals surface area contributed by atoms with Crippen LogP contribution in [0, 0.1) is 30.1 Å². The summed E-state index contributed by atoms with van der Waals surface area (Å²) in [6, 6.07) is 10.3. The number of nitrogens with one attached hydrogen (secondary N) is 1. The third kappa shape index (κ3) is 3.77. The van der Waals surface area contributed by atoms with Crippen molar-refractivity contribution in [2.45, 2.75) is 64.7 Å². The van der Waals surface area contributed by atoms with Crippen LogP contribution in [0.4, 0.5) is 5.82 Å². The molecular weight excluding hydrogens is 410 g/mol. The molecule has 6 heteroatoms. The molecule has 2 heterocycles. The topological polar surface area (TPSA) is 62.5 Å². The molecule has 4 aliphatic carbocycles. The first-order valence-corrected chi connectivity index (χ1v) is 12.8. The quantitative estimate of drug-likeness (QED) is 0.529. The number of carbonyl (C=O) groups excluding carboxylic acids is 1. The van der Waals surface area contributed by atoms with Crippen molar-refractivity contribution in [2.75, 3.05) is 18.0 Å². The number of rotatable bonds is 5. The highest BCUT2D eigenvalue weighted by Gasteiger charge is 2.54. The second kappa shape index (κ2) is 8.30. The molecule has 0 radical (unpaired) electrons. The van der Waals surface area contributed by atoms with Gasteiger partial charge in [0.1, 0.15) is 5.82 Å². The fourth-order valence-corrected chi connectivity index (χ4v) is 7.50. The molecule has 7 rings (SSSR count). The van der Waals surface area contributed by atoms with Crippen LogP contribution in [-0.4, -0.2) is 35.0 Å². The second-order valence-electron chi connectivity index (χ2n) is 11.0. The van der Waals surface area contributed by atoms with E-state index in [1.165, 1.54) is 38.5 Å². The fraction of sp³-hybridized carbons (Fsp3) is 0.593. The first kappa shape index (κ1) is 20.9. The molecule has 6 nitrogen and oxygen atoms in total. The van der Waals surface area contributed by atoms with Crippen molar-refractivity contribution in [3.05, 3.63) is 41.6 Å². The molecule has 0 unspecified atom stereocenters. The maximum absolute atomic E-state index is 13.3. The van der Waals surface area contributed by atoms with Gasteiger partial charge in [-0.3, -0.25) is 4.79 Å². The van der Waals surface area contributed by atoms with Gasteiger partial charge in [0.25, 0.3) is 0 Å². The summed E-state index contributed by atoms with van der Waals surface area (Å²) in [7, 11) is 0. The summed E-state index contributed by atoms with van der Waals surface area (Å²) in [5.41, 5.74) is 5.79. The third-order valence-corrected chi connectivity index (χ3v) is 8.62. The molecule has 5 aliphatic rings. The minimum absolute atomic E-state index is 0.144. The molecule has 1 saturated heterocycles. The standard InChI is InChI=1S/C27H35N5O/c1-19-24(18-28-29-26(33)27-15-20-12-21(16-27)14-22(13-20)17-27)25(31-10-6-3-7-11-31)32(30-19)23-8-4-2-5-9-23/h2,4-5,8-9,18,20-22H,3,6-7,10-17H2,1H3,(H,29,33). The van der Waals surface area contributed by atoms with E-state index >= 15 is 0 Å². The van der Waals surface area contributed by atoms with Crippen LogP contribution >= 0.6 is 0 Å². The van der Waals surface area contributed by atoms with Crippen LogP contribution in [-0.2, 0) is 4.79 Å². The van der Waals surface area contributed by atoms with E-state index in [1.54, 1.807) is 0 Å². The van der Waals surface area contributed by atoms with Crippen LogP contribution in [0.2, 0.25) is 0 Å². The number of hydrazone groups is 1. The monoisotopic (exact) mass is 445 g/mol. The van der Waals surface area contributed by atoms with Gasteiger partial charge in [-0.1, -0.05) is 18.2 Å². The molecule has 4 saturated carbocycles. The van der Waals surface area contributed by atoms with E-state index in [-0.39, 0.29) is 11.3 Å². The summed E-state index contributed by atoms with van der Waals surface area (Å²) in [4.78, 5) is 15.8. The maximum atomic E-state index is 13.3. The Balaban J connectivity index is 1.27. The summed E-state index contributed by atoms with van der Waals surface area (Å²) in [5, 5.41) is 9.40. The average Bonchev–Trinajstić information content (AvgIpc) is 3.15. The van der Waals surface area contributed by atoms with Gasteiger partial charge in [-0.2, -0.15) is 10.2 Å². The van der Waals surface area contributed by atoms with Crippen LogP contribution in [0.15, 0.2) is 35.4 Å². The lowest BCUT2D eigenvalue weighted by molar-refractivity contribution is -0.146. The molecule has 33 heavy (non-hydrogen) atoms. The second-order valence-corrected chi connectivity index (χ2v) is 11.0. The number of piperidine rings is 1. The molecule has 1 aromatic carbocycles. The first-order valence-electron chi connectivity index (χ1n) is 12.8. The van der Waals surface area contributed by atoms with Gasteiger partial charge in [0.05, 0.1) is 28.6 Å². The molecule has 174 valence electrons. The van der Waals surface area contributed by atoms with Gasteiger partial charge in [0, 0.05) is 13.1 Å². The van der Waals surface area contributed by atoms with E-state index in [2.05, 4.69) is 27.6 Å². The molecule has 0 spiro atoms. The van der Waals surface area contributed by atoms with Crippen molar-refractivity contribution < 1.29 is 4.79 Å². The van der Waals surface area contributed by atoms with Gasteiger partial charge >= 0.3 is 0 Å². The lowest BCUT2D eigenvalue weighted by Crippen LogP contribution is -2.52. The van der Waals surface area contributed by atoms with E-state index in [4.69, 9.17) is 5.10 Å². The molecular formula is C27H35N5O. The van der Waals surface area contributed by atoms with Crippen molar-refractivity contribution >= 4 is 17.9 Å². The molecule has 2 aromatic rings. The summed E-state index contributed by atoms with van der Waals surface area (Å²) >= 11 is 0. The maximum Gasteiger partial charge on any atom is 0.246 e. The Bertz CT molecular complexity index is 1010. The lowest BCUT2D eigenvalue weighted by Gasteiger charge is -2.55. The number of amides is 1. The largest absolute Gasteiger partial charge is 0.356 e. The number of para-hydroxylation sites is 1. The summed E-state index contributed by atoms with van der Waals surface area (Å²) in [6.45, 7) is 4.09. The van der Waals surface area contributed by atoms with Gasteiger partial charge in [-0.15, -0.1) is 0 Å². The fourth-order valence-electron chi connectivity index (χ4n) is 7.50. The number of hydrogen-bond acceptors (Lipinski definition) is 4. The van der Waals surface area contributed by atoms with Gasteiger partial charge in [0.15, 0.2) is 0 Å². The lowest BCUT2D eigenvalue weighted by atomic mass is 9.49. The SMILES string of the molecule is Cc1nn(-c2ccccc2)c(N2CCCCC2)c1C=NNC(=O)C12CC3CC(CC(C3)C1)C2. The highest BCUT2D eigenvalue weighted by Crippen LogP contribution is 2.60. The number of aromatic nitrogens is 2. The Kier molecular flexibility index (Phi) is 5.27. The van der Waals surface area contributed by atoms with E-state index in [0.717, 1.165) is 72.9 Å². The van der Waals surface area contributed by atoms with E-state index in [1.807, 2.05) is 36.0 Å². The highest BCUT2D eigenvalue weighted by molar-refractivity contribution is 5.90. The minimum atomic E-state index is -0.176. The van der Waals surface area contributed by atoms with Crippen molar-refractivity contribution in [2.24, 2.45) is 28.3 Å². The summed E-state index contributed by atoms with van der Waals surface area (Å²) < 4.78 is 2.04. The van der Waals surface area contributed by atoms with Crippen molar-refractivity contribution in [3.8, 4) is 5.69 Å². The van der Waals surface area contributed by atoms with Crippen LogP contribution in [0.1, 0.15) is 69.0 Å². The van der Waals surface area contributed by atoms with Crippen LogP contribution in [0.5, 0.6) is 0 Å². The number of anilines is 1. The predicted octanol–water partition coefficient (Wildman–Crippen LogP) is 4.84. The van der Waals surface area contributed by atoms with Crippen LogP contribution < -0.4 is 10.3 Å². The zero-order chi connectivity index (χ0) is 22.4. The molecule has 1 amide bonds. The first-order chi connectivity index (χ1) is 16.1. The van der Waals surface area contributed by atoms with E-state index in [0.29, 0.717) is 0 Å². The number of carbonyl (C=O) groups is 1. The Morgan fingerprint density at radius 1 is 1.03 bits per heavy atom. The normalized spacial score (nSPS) is 30.8. The van der Waals surface area contributed by atoms with Crippen molar-refractivity contribution in [3.63, 3.8) is 0 Å². The van der Waals surface area contributed by atoms with Crippen LogP contribution in [0.25, 0.3) is 5.69 Å². The van der Waals surface area contributed by atoms with Gasteiger partial charge in [0.2, 0.25) is 5.91 Å². The third-order valence-electron chi connectivity index (χ3n) is 8.62. The van der Waals surface area contributed by atoms with Gasteiger partial charge < -0.3 is 4.90 Å². The Morgan fingerprint density at radius 3 is 2.30 bits per heavy atom. The Labute approximate surface area is 196 Å². The van der Waals surface area contributed by atoms with E-state index in [9.17, 15) is 4.79 Å². The molecule has 1 N–H and O–H groups in total. The smallest absolute Gasteiger partial charge is 0.246 e. The van der Waals surface area contributed by atoms with Crippen LogP contribution in [0.3, 0.4) is 0 Å². The molecule has 1 aromatic heterocycles. The van der Waals surface area contributed by atoms with Crippen molar-refractivity contribution in [1.82, 2.24) is 15.2 Å². The van der Waals surface area contributed by atoms with Crippen molar-refractivity contribution in [1.29, 1.82) is 0 Å². The molecule has 5 fully saturated rings. The highest BCUT2D eigenvalue weighted by atomic mass is 16.2. The number of benzene rings is 1.